The van der Waals surface area contributed by atoms with Crippen molar-refractivity contribution in [2.24, 2.45) is 11.1 Å². The monoisotopic (exact) mass is 387 g/mol. The van der Waals surface area contributed by atoms with E-state index in [-0.39, 0.29) is 22.8 Å². The van der Waals surface area contributed by atoms with Crippen LogP contribution in [0.5, 0.6) is 0 Å². The van der Waals surface area contributed by atoms with Gasteiger partial charge in [0.15, 0.2) is 22.4 Å². The molecule has 1 aliphatic heterocycles. The Morgan fingerprint density at radius 3 is 2.81 bits per heavy atom. The fourth-order valence-electron chi connectivity index (χ4n) is 2.89. The zero-order chi connectivity index (χ0) is 19.1. The van der Waals surface area contributed by atoms with Crippen molar-refractivity contribution in [3.63, 3.8) is 0 Å². The smallest absolute Gasteiger partial charge is 0.322 e. The largest absolute Gasteiger partial charge is 0.353 e. The Hall–Kier alpha value is -3.34. The molecule has 0 atom stereocenters. The molecule has 27 heavy (non-hydrogen) atoms. The van der Waals surface area contributed by atoms with Gasteiger partial charge in [-0.3, -0.25) is 14.2 Å². The van der Waals surface area contributed by atoms with Gasteiger partial charge in [0.05, 0.1) is 5.39 Å². The highest BCUT2D eigenvalue weighted by Crippen LogP contribution is 2.28. The van der Waals surface area contributed by atoms with E-state index >= 15 is 0 Å². The fraction of sp³-hybridized carbons (Fsp3) is 0.188. The van der Waals surface area contributed by atoms with Crippen LogP contribution in [0.4, 0.5) is 10.2 Å². The van der Waals surface area contributed by atoms with Gasteiger partial charge in [-0.15, -0.1) is 16.2 Å². The van der Waals surface area contributed by atoms with E-state index < -0.39 is 22.7 Å². The molecular formula is C16H10FN5O4S. The van der Waals surface area contributed by atoms with Crippen LogP contribution in [0.1, 0.15) is 10.4 Å². The third-order valence-electron chi connectivity index (χ3n) is 4.25. The van der Waals surface area contributed by atoms with Gasteiger partial charge in [0, 0.05) is 42.0 Å². The number of halogens is 1. The first-order valence-corrected chi connectivity index (χ1v) is 8.65. The van der Waals surface area contributed by atoms with Crippen LogP contribution in [0.15, 0.2) is 33.8 Å². The number of aldehydes is 1. The number of pyridine rings is 2. The molecule has 3 aromatic heterocycles. The number of thiazole rings is 1. The van der Waals surface area contributed by atoms with Crippen molar-refractivity contribution in [2.75, 3.05) is 18.0 Å². The van der Waals surface area contributed by atoms with E-state index in [1.807, 2.05) is 0 Å². The zero-order valence-electron chi connectivity index (χ0n) is 13.5. The minimum atomic E-state index is -1.26. The summed E-state index contributed by atoms with van der Waals surface area (Å²) >= 11 is 1.20. The summed E-state index contributed by atoms with van der Waals surface area (Å²) in [6.45, 7) is 0.651. The van der Waals surface area contributed by atoms with E-state index in [1.54, 1.807) is 10.3 Å². The molecular weight excluding hydrogens is 377 g/mol. The molecule has 0 radical (unpaired) electrons. The van der Waals surface area contributed by atoms with Crippen LogP contribution in [-0.2, 0) is 4.79 Å². The molecule has 0 aromatic carbocycles. The minimum Gasteiger partial charge on any atom is -0.353 e. The average Bonchev–Trinajstić information content (AvgIpc) is 3.16. The second-order valence-electron chi connectivity index (χ2n) is 5.92. The molecule has 0 spiro atoms. The van der Waals surface area contributed by atoms with E-state index in [0.717, 1.165) is 18.5 Å². The van der Waals surface area contributed by atoms with Crippen molar-refractivity contribution in [1.82, 2.24) is 14.5 Å². The average molecular weight is 387 g/mol. The number of aromatic nitrogens is 3. The maximum absolute atomic E-state index is 14.6. The molecule has 9 nitrogen and oxygen atoms in total. The van der Waals surface area contributed by atoms with Crippen LogP contribution >= 0.6 is 11.3 Å². The van der Waals surface area contributed by atoms with Gasteiger partial charge in [0.25, 0.3) is 0 Å². The number of carbonyl (C=O) groups excluding carboxylic acids is 2. The number of nitroso groups, excluding NO2 is 1. The summed E-state index contributed by atoms with van der Waals surface area (Å²) in [4.78, 5) is 55.6. The summed E-state index contributed by atoms with van der Waals surface area (Å²) in [5.41, 5.74) is -1.25. The quantitative estimate of drug-likeness (QED) is 0.492. The van der Waals surface area contributed by atoms with E-state index in [2.05, 4.69) is 15.1 Å². The van der Waals surface area contributed by atoms with Crippen molar-refractivity contribution in [1.29, 1.82) is 0 Å². The second-order valence-corrected chi connectivity index (χ2v) is 6.79. The van der Waals surface area contributed by atoms with Crippen LogP contribution in [0.25, 0.3) is 16.2 Å². The third-order valence-corrected chi connectivity index (χ3v) is 5.02. The lowest BCUT2D eigenvalue weighted by Gasteiger charge is -2.37. The van der Waals surface area contributed by atoms with Gasteiger partial charge in [-0.05, 0) is 6.07 Å². The van der Waals surface area contributed by atoms with Crippen LogP contribution in [0.2, 0.25) is 0 Å². The molecule has 136 valence electrons. The zero-order valence-corrected chi connectivity index (χ0v) is 14.4. The van der Waals surface area contributed by atoms with Crippen LogP contribution in [0.3, 0.4) is 0 Å². The van der Waals surface area contributed by atoms with Gasteiger partial charge in [-0.1, -0.05) is 0 Å². The SMILES string of the molecule is O=CC1CN(c2nc3c(cc2F)c(=O)c(C(=O)N=O)cn3-c2nccs2)C1. The van der Waals surface area contributed by atoms with E-state index in [9.17, 15) is 23.7 Å². The number of hydrogen-bond acceptors (Lipinski definition) is 8. The standard InChI is InChI=1S/C16H10FN5O4S/c17-11-3-9-12(24)10(15(25)20-26)6-22(16-18-1-2-27-16)13(9)19-14(11)21-4-8(5-21)7-23/h1-3,6-8H,4-5H2. The van der Waals surface area contributed by atoms with Crippen LogP contribution in [0, 0.1) is 16.6 Å². The highest BCUT2D eigenvalue weighted by atomic mass is 32.1. The molecule has 0 unspecified atom stereocenters. The van der Waals surface area contributed by atoms with E-state index in [1.165, 1.54) is 22.1 Å². The molecule has 0 bridgehead atoms. The summed E-state index contributed by atoms with van der Waals surface area (Å²) in [7, 11) is 0. The number of nitrogens with zero attached hydrogens (tertiary/aromatic N) is 5. The molecule has 1 fully saturated rings. The summed E-state index contributed by atoms with van der Waals surface area (Å²) in [6, 6.07) is 0.972. The first-order chi connectivity index (χ1) is 13.0. The Morgan fingerprint density at radius 2 is 2.19 bits per heavy atom. The lowest BCUT2D eigenvalue weighted by molar-refractivity contribution is -0.111. The van der Waals surface area contributed by atoms with Gasteiger partial charge in [0.1, 0.15) is 11.8 Å². The number of fused-ring (bicyclic) bond motifs is 1. The van der Waals surface area contributed by atoms with Gasteiger partial charge in [-0.2, -0.15) is 0 Å². The molecule has 0 N–H and O–H groups in total. The Labute approximate surface area is 154 Å². The predicted octanol–water partition coefficient (Wildman–Crippen LogP) is 1.52. The van der Waals surface area contributed by atoms with Crippen LogP contribution < -0.4 is 10.3 Å². The maximum atomic E-state index is 14.6. The Kier molecular flexibility index (Phi) is 4.07. The third kappa shape index (κ3) is 2.72. The number of rotatable bonds is 4. The Bertz CT molecular complexity index is 1140. The lowest BCUT2D eigenvalue weighted by atomic mass is 10.0. The van der Waals surface area contributed by atoms with Gasteiger partial charge >= 0.3 is 5.91 Å². The summed E-state index contributed by atoms with van der Waals surface area (Å²) in [6.07, 6.45) is 3.44. The van der Waals surface area contributed by atoms with E-state index in [0.29, 0.717) is 18.2 Å². The van der Waals surface area contributed by atoms with Crippen molar-refractivity contribution in [3.05, 3.63) is 50.4 Å². The normalized spacial score (nSPS) is 14.2. The topological polar surface area (TPSA) is 115 Å². The molecule has 1 saturated heterocycles. The van der Waals surface area contributed by atoms with Crippen LogP contribution in [-0.4, -0.2) is 39.8 Å². The first-order valence-electron chi connectivity index (χ1n) is 7.77. The van der Waals surface area contributed by atoms with Crippen molar-refractivity contribution in [3.8, 4) is 5.13 Å². The predicted molar refractivity (Wildman–Crippen MR) is 94.9 cm³/mol. The minimum absolute atomic E-state index is 0.00195. The first kappa shape index (κ1) is 17.1. The Morgan fingerprint density at radius 1 is 1.41 bits per heavy atom. The summed E-state index contributed by atoms with van der Waals surface area (Å²) in [5, 5.41) is 4.16. The Balaban J connectivity index is 1.98. The molecule has 0 aliphatic carbocycles. The maximum Gasteiger partial charge on any atom is 0.322 e. The number of carbonyl (C=O) groups is 2. The molecule has 4 rings (SSSR count). The molecule has 4 heterocycles. The van der Waals surface area contributed by atoms with Crippen molar-refractivity contribution in [2.45, 2.75) is 0 Å². The molecule has 3 aromatic rings. The molecule has 1 amide bonds. The van der Waals surface area contributed by atoms with Gasteiger partial charge in [0.2, 0.25) is 5.43 Å². The molecule has 1 aliphatic rings. The number of anilines is 1. The molecule has 11 heteroatoms. The summed E-state index contributed by atoms with van der Waals surface area (Å²) < 4.78 is 15.9. The second kappa shape index (κ2) is 6.43. The van der Waals surface area contributed by atoms with Gasteiger partial charge < -0.3 is 9.69 Å². The number of hydrogen-bond donors (Lipinski definition) is 0. The van der Waals surface area contributed by atoms with E-state index in [4.69, 9.17) is 0 Å². The van der Waals surface area contributed by atoms with Crippen molar-refractivity contribution < 1.29 is 14.0 Å². The van der Waals surface area contributed by atoms with Gasteiger partial charge in [-0.25, -0.2) is 14.4 Å². The summed E-state index contributed by atoms with van der Waals surface area (Å²) in [5.74, 6) is -2.22. The number of amides is 1. The lowest BCUT2D eigenvalue weighted by Crippen LogP contribution is -2.48. The van der Waals surface area contributed by atoms with Crippen molar-refractivity contribution >= 4 is 40.4 Å². The highest BCUT2D eigenvalue weighted by molar-refractivity contribution is 7.12. The highest BCUT2D eigenvalue weighted by Gasteiger charge is 2.30. The fourth-order valence-corrected chi connectivity index (χ4v) is 3.51. The molecule has 0 saturated carbocycles.